The number of ether oxygens (including phenoxy) is 1. The minimum atomic E-state index is -0.298. The second kappa shape index (κ2) is 4.98. The van der Waals surface area contributed by atoms with Gasteiger partial charge in [-0.1, -0.05) is 12.1 Å². The molecule has 1 aromatic carbocycles. The van der Waals surface area contributed by atoms with Gasteiger partial charge >= 0.3 is 0 Å². The third kappa shape index (κ3) is 2.48. The Bertz CT molecular complexity index is 441. The molecule has 0 aliphatic heterocycles. The maximum absolute atomic E-state index is 12.1. The Kier molecular flexibility index (Phi) is 3.57. The molecule has 1 aliphatic rings. The lowest BCUT2D eigenvalue weighted by Gasteiger charge is -2.19. The molecular formula is C14H20N2O2. The third-order valence-electron chi connectivity index (χ3n) is 3.67. The first-order valence-corrected chi connectivity index (χ1v) is 6.26. The SMILES string of the molecule is COc1cccc(C(C)NC(=O)C2(CN)CC2)c1. The molecule has 1 aliphatic carbocycles. The molecule has 0 spiro atoms. The van der Waals surface area contributed by atoms with Gasteiger partial charge in [-0.2, -0.15) is 0 Å². The normalized spacial score (nSPS) is 17.9. The summed E-state index contributed by atoms with van der Waals surface area (Å²) in [7, 11) is 1.63. The number of nitrogens with two attached hydrogens (primary N) is 1. The Hall–Kier alpha value is -1.55. The van der Waals surface area contributed by atoms with Crippen molar-refractivity contribution in [1.82, 2.24) is 5.32 Å². The molecule has 2 rings (SSSR count). The molecular weight excluding hydrogens is 228 g/mol. The summed E-state index contributed by atoms with van der Waals surface area (Å²) in [6, 6.07) is 7.70. The average Bonchev–Trinajstić information content (AvgIpc) is 3.19. The van der Waals surface area contributed by atoms with Crippen molar-refractivity contribution in [3.05, 3.63) is 29.8 Å². The molecule has 1 atom stereocenters. The lowest BCUT2D eigenvalue weighted by atomic mass is 10.0. The third-order valence-corrected chi connectivity index (χ3v) is 3.67. The van der Waals surface area contributed by atoms with Crippen molar-refractivity contribution in [2.45, 2.75) is 25.8 Å². The molecule has 1 unspecified atom stereocenters. The first kappa shape index (κ1) is 12.9. The largest absolute Gasteiger partial charge is 0.497 e. The maximum Gasteiger partial charge on any atom is 0.227 e. The Morgan fingerprint density at radius 2 is 2.28 bits per heavy atom. The molecule has 4 heteroatoms. The lowest BCUT2D eigenvalue weighted by molar-refractivity contribution is -0.126. The fraction of sp³-hybridized carbons (Fsp3) is 0.500. The Morgan fingerprint density at radius 3 is 2.83 bits per heavy atom. The van der Waals surface area contributed by atoms with Crippen LogP contribution < -0.4 is 15.8 Å². The molecule has 98 valence electrons. The van der Waals surface area contributed by atoms with E-state index in [1.165, 1.54) is 0 Å². The molecule has 1 amide bonds. The zero-order valence-corrected chi connectivity index (χ0v) is 10.9. The summed E-state index contributed by atoms with van der Waals surface area (Å²) in [5, 5.41) is 3.03. The fourth-order valence-electron chi connectivity index (χ4n) is 2.02. The zero-order chi connectivity index (χ0) is 13.2. The first-order chi connectivity index (χ1) is 8.61. The van der Waals surface area contributed by atoms with Crippen molar-refractivity contribution in [3.63, 3.8) is 0 Å². The average molecular weight is 248 g/mol. The Labute approximate surface area is 108 Å². The summed E-state index contributed by atoms with van der Waals surface area (Å²) < 4.78 is 5.18. The van der Waals surface area contributed by atoms with Crippen LogP contribution in [-0.4, -0.2) is 19.6 Å². The standard InChI is InChI=1S/C14H20N2O2/c1-10(11-4-3-5-12(8-11)18-2)16-13(17)14(9-15)6-7-14/h3-5,8,10H,6-7,9,15H2,1-2H3,(H,16,17). The highest BCUT2D eigenvalue weighted by Gasteiger charge is 2.48. The van der Waals surface area contributed by atoms with Crippen LogP contribution in [0.25, 0.3) is 0 Å². The van der Waals surface area contributed by atoms with Crippen LogP contribution in [0.2, 0.25) is 0 Å². The van der Waals surface area contributed by atoms with Gasteiger partial charge < -0.3 is 15.8 Å². The minimum Gasteiger partial charge on any atom is -0.497 e. The number of hydrogen-bond acceptors (Lipinski definition) is 3. The second-order valence-corrected chi connectivity index (χ2v) is 4.96. The molecule has 1 fully saturated rings. The minimum absolute atomic E-state index is 0.0309. The van der Waals surface area contributed by atoms with Crippen LogP contribution >= 0.6 is 0 Å². The quantitative estimate of drug-likeness (QED) is 0.832. The van der Waals surface area contributed by atoms with Crippen LogP contribution in [0.3, 0.4) is 0 Å². The summed E-state index contributed by atoms with van der Waals surface area (Å²) in [6.45, 7) is 2.41. The molecule has 0 heterocycles. The highest BCUT2D eigenvalue weighted by Crippen LogP contribution is 2.45. The number of hydrogen-bond donors (Lipinski definition) is 2. The van der Waals surface area contributed by atoms with Gasteiger partial charge in [-0.3, -0.25) is 4.79 Å². The number of nitrogens with one attached hydrogen (secondary N) is 1. The van der Waals surface area contributed by atoms with Gasteiger partial charge in [0, 0.05) is 6.54 Å². The van der Waals surface area contributed by atoms with E-state index in [4.69, 9.17) is 10.5 Å². The van der Waals surface area contributed by atoms with Gasteiger partial charge in [-0.05, 0) is 37.5 Å². The van der Waals surface area contributed by atoms with Gasteiger partial charge in [0.05, 0.1) is 18.6 Å². The van der Waals surface area contributed by atoms with Crippen LogP contribution in [0.5, 0.6) is 5.75 Å². The van der Waals surface area contributed by atoms with Crippen LogP contribution in [0.15, 0.2) is 24.3 Å². The maximum atomic E-state index is 12.1. The van der Waals surface area contributed by atoms with E-state index in [-0.39, 0.29) is 17.4 Å². The molecule has 0 saturated heterocycles. The second-order valence-electron chi connectivity index (χ2n) is 4.96. The van der Waals surface area contributed by atoms with Gasteiger partial charge in [0.2, 0.25) is 5.91 Å². The van der Waals surface area contributed by atoms with Gasteiger partial charge in [0.25, 0.3) is 0 Å². The summed E-state index contributed by atoms with van der Waals surface area (Å²) in [5.74, 6) is 0.869. The number of carbonyl (C=O) groups excluding carboxylic acids is 1. The smallest absolute Gasteiger partial charge is 0.227 e. The summed E-state index contributed by atoms with van der Waals surface area (Å²) >= 11 is 0. The molecule has 18 heavy (non-hydrogen) atoms. The highest BCUT2D eigenvalue weighted by atomic mass is 16.5. The summed E-state index contributed by atoms with van der Waals surface area (Å²) in [6.07, 6.45) is 1.81. The predicted molar refractivity (Wildman–Crippen MR) is 70.3 cm³/mol. The van der Waals surface area contributed by atoms with Crippen molar-refractivity contribution in [1.29, 1.82) is 0 Å². The molecule has 4 nitrogen and oxygen atoms in total. The lowest BCUT2D eigenvalue weighted by Crippen LogP contribution is -2.37. The van der Waals surface area contributed by atoms with Crippen LogP contribution in [0.1, 0.15) is 31.4 Å². The predicted octanol–water partition coefficient (Wildman–Crippen LogP) is 1.61. The van der Waals surface area contributed by atoms with Gasteiger partial charge in [0.15, 0.2) is 0 Å². The monoisotopic (exact) mass is 248 g/mol. The summed E-state index contributed by atoms with van der Waals surface area (Å²) in [5.41, 5.74) is 6.39. The number of amides is 1. The van der Waals surface area contributed by atoms with E-state index < -0.39 is 0 Å². The van der Waals surface area contributed by atoms with E-state index in [9.17, 15) is 4.79 Å². The molecule has 3 N–H and O–H groups in total. The number of carbonyl (C=O) groups is 1. The van der Waals surface area contributed by atoms with Crippen molar-refractivity contribution in [2.24, 2.45) is 11.1 Å². The molecule has 1 aromatic rings. The number of benzene rings is 1. The Morgan fingerprint density at radius 1 is 1.56 bits per heavy atom. The van der Waals surface area contributed by atoms with E-state index in [1.54, 1.807) is 7.11 Å². The van der Waals surface area contributed by atoms with E-state index >= 15 is 0 Å². The zero-order valence-electron chi connectivity index (χ0n) is 10.9. The van der Waals surface area contributed by atoms with Crippen molar-refractivity contribution in [2.75, 3.05) is 13.7 Å². The van der Waals surface area contributed by atoms with E-state index in [2.05, 4.69) is 5.32 Å². The fourth-order valence-corrected chi connectivity index (χ4v) is 2.02. The van der Waals surface area contributed by atoms with Crippen molar-refractivity contribution >= 4 is 5.91 Å². The van der Waals surface area contributed by atoms with E-state index in [1.807, 2.05) is 31.2 Å². The highest BCUT2D eigenvalue weighted by molar-refractivity contribution is 5.85. The van der Waals surface area contributed by atoms with Gasteiger partial charge in [-0.25, -0.2) is 0 Å². The van der Waals surface area contributed by atoms with Crippen molar-refractivity contribution in [3.8, 4) is 5.75 Å². The number of rotatable bonds is 5. The van der Waals surface area contributed by atoms with Gasteiger partial charge in [0.1, 0.15) is 5.75 Å². The number of methoxy groups -OCH3 is 1. The van der Waals surface area contributed by atoms with E-state index in [0.717, 1.165) is 24.2 Å². The molecule has 0 aromatic heterocycles. The Balaban J connectivity index is 2.03. The molecule has 0 radical (unpaired) electrons. The van der Waals surface area contributed by atoms with Gasteiger partial charge in [-0.15, -0.1) is 0 Å². The molecule has 1 saturated carbocycles. The van der Waals surface area contributed by atoms with Crippen molar-refractivity contribution < 1.29 is 9.53 Å². The molecule has 0 bridgehead atoms. The van der Waals surface area contributed by atoms with Crippen LogP contribution in [0.4, 0.5) is 0 Å². The summed E-state index contributed by atoms with van der Waals surface area (Å²) in [4.78, 5) is 12.1. The topological polar surface area (TPSA) is 64.3 Å². The van der Waals surface area contributed by atoms with E-state index in [0.29, 0.717) is 6.54 Å². The first-order valence-electron chi connectivity index (χ1n) is 6.26. The van der Waals surface area contributed by atoms with Crippen LogP contribution in [0, 0.1) is 5.41 Å². The van der Waals surface area contributed by atoms with Crippen LogP contribution in [-0.2, 0) is 4.79 Å².